The van der Waals surface area contributed by atoms with Gasteiger partial charge in [-0.3, -0.25) is 4.79 Å². The Morgan fingerprint density at radius 1 is 1.30 bits per heavy atom. The van der Waals surface area contributed by atoms with Crippen LogP contribution in [0.25, 0.3) is 11.0 Å². The number of carbonyl (C=O) groups is 1. The van der Waals surface area contributed by atoms with Gasteiger partial charge in [0.1, 0.15) is 5.69 Å². The van der Waals surface area contributed by atoms with Gasteiger partial charge in [-0.15, -0.1) is 0 Å². The number of nitrogens with zero attached hydrogens (tertiary/aromatic N) is 2. The minimum absolute atomic E-state index is 0.0142. The predicted molar refractivity (Wildman–Crippen MR) is 90.4 cm³/mol. The fraction of sp³-hybridized carbons (Fsp3) is 0.556. The zero-order chi connectivity index (χ0) is 16.1. The first-order valence-electron chi connectivity index (χ1n) is 8.56. The van der Waals surface area contributed by atoms with Crippen LogP contribution in [-0.4, -0.2) is 42.1 Å². The van der Waals surface area contributed by atoms with Crippen molar-refractivity contribution in [2.75, 3.05) is 26.2 Å². The maximum absolute atomic E-state index is 12.1. The average Bonchev–Trinajstić information content (AvgIpc) is 2.95. The summed E-state index contributed by atoms with van der Waals surface area (Å²) in [5, 5.41) is 7.96. The van der Waals surface area contributed by atoms with E-state index < -0.39 is 0 Å². The Balaban J connectivity index is 1.44. The third kappa shape index (κ3) is 4.32. The number of nitrogens with one attached hydrogen (secondary N) is 1. The van der Waals surface area contributed by atoms with Crippen LogP contribution >= 0.6 is 0 Å². The molecule has 1 amide bonds. The van der Waals surface area contributed by atoms with E-state index in [4.69, 9.17) is 4.52 Å². The Morgan fingerprint density at radius 2 is 2.13 bits per heavy atom. The molecule has 0 unspecified atom stereocenters. The molecule has 3 rings (SSSR count). The molecule has 2 aromatic rings. The van der Waals surface area contributed by atoms with Crippen molar-refractivity contribution < 1.29 is 9.32 Å². The third-order valence-corrected chi connectivity index (χ3v) is 4.45. The predicted octanol–water partition coefficient (Wildman–Crippen LogP) is 2.67. The van der Waals surface area contributed by atoms with Crippen molar-refractivity contribution in [2.24, 2.45) is 0 Å². The SMILES string of the molecule is Cc1ccc2onc(CC(=O)NCCCN3CCCCC3)c2c1. The molecule has 5 heteroatoms. The molecule has 1 fully saturated rings. The number of carbonyl (C=O) groups excluding carboxylic acids is 1. The van der Waals surface area contributed by atoms with E-state index in [1.807, 2.05) is 25.1 Å². The standard InChI is InChI=1S/C18H25N3O2/c1-14-6-7-17-15(12-14)16(20-23-17)13-18(22)19-8-5-11-21-9-3-2-4-10-21/h6-7,12H,2-5,8-11,13H2,1H3,(H,19,22). The van der Waals surface area contributed by atoms with Crippen molar-refractivity contribution >= 4 is 16.9 Å². The van der Waals surface area contributed by atoms with Gasteiger partial charge in [-0.2, -0.15) is 0 Å². The summed E-state index contributed by atoms with van der Waals surface area (Å²) in [5.74, 6) is 0.0142. The van der Waals surface area contributed by atoms with Crippen LogP contribution in [0, 0.1) is 6.92 Å². The van der Waals surface area contributed by atoms with Crippen molar-refractivity contribution in [2.45, 2.75) is 39.0 Å². The van der Waals surface area contributed by atoms with E-state index in [-0.39, 0.29) is 12.3 Å². The number of hydrogen-bond acceptors (Lipinski definition) is 4. The fourth-order valence-electron chi connectivity index (χ4n) is 3.16. The quantitative estimate of drug-likeness (QED) is 0.833. The molecule has 1 aliphatic heterocycles. The molecule has 2 heterocycles. The maximum atomic E-state index is 12.1. The number of amides is 1. The normalized spacial score (nSPS) is 15.9. The molecule has 0 spiro atoms. The van der Waals surface area contributed by atoms with Crippen LogP contribution in [-0.2, 0) is 11.2 Å². The number of rotatable bonds is 6. The average molecular weight is 315 g/mol. The number of benzene rings is 1. The molecule has 1 aromatic carbocycles. The summed E-state index contributed by atoms with van der Waals surface area (Å²) in [5.41, 5.74) is 2.60. The molecule has 1 aromatic heterocycles. The van der Waals surface area contributed by atoms with E-state index in [0.717, 1.165) is 41.7 Å². The summed E-state index contributed by atoms with van der Waals surface area (Å²) in [6.45, 7) is 6.24. The molecule has 23 heavy (non-hydrogen) atoms. The van der Waals surface area contributed by atoms with E-state index in [2.05, 4.69) is 15.4 Å². The first-order valence-corrected chi connectivity index (χ1v) is 8.56. The van der Waals surface area contributed by atoms with E-state index in [9.17, 15) is 4.79 Å². The molecule has 0 bridgehead atoms. The van der Waals surface area contributed by atoms with Crippen LogP contribution < -0.4 is 5.32 Å². The van der Waals surface area contributed by atoms with Crippen molar-refractivity contribution in [1.29, 1.82) is 0 Å². The minimum atomic E-state index is 0.0142. The van der Waals surface area contributed by atoms with Gasteiger partial charge in [0.25, 0.3) is 0 Å². The van der Waals surface area contributed by atoms with Crippen molar-refractivity contribution in [3.8, 4) is 0 Å². The monoisotopic (exact) mass is 315 g/mol. The van der Waals surface area contributed by atoms with Gasteiger partial charge in [0, 0.05) is 11.9 Å². The fourth-order valence-corrected chi connectivity index (χ4v) is 3.16. The molecule has 0 radical (unpaired) electrons. The van der Waals surface area contributed by atoms with E-state index in [0.29, 0.717) is 0 Å². The van der Waals surface area contributed by atoms with Crippen LogP contribution in [0.1, 0.15) is 36.9 Å². The van der Waals surface area contributed by atoms with E-state index >= 15 is 0 Å². The molecule has 0 atom stereocenters. The van der Waals surface area contributed by atoms with Crippen LogP contribution in [0.2, 0.25) is 0 Å². The van der Waals surface area contributed by atoms with E-state index in [1.165, 1.54) is 32.4 Å². The smallest absolute Gasteiger partial charge is 0.226 e. The Labute approximate surface area is 137 Å². The van der Waals surface area contributed by atoms with Crippen molar-refractivity contribution in [3.05, 3.63) is 29.5 Å². The molecule has 124 valence electrons. The zero-order valence-electron chi connectivity index (χ0n) is 13.8. The number of aromatic nitrogens is 1. The first-order chi connectivity index (χ1) is 11.2. The highest BCUT2D eigenvalue weighted by Gasteiger charge is 2.13. The zero-order valence-corrected chi connectivity index (χ0v) is 13.8. The topological polar surface area (TPSA) is 58.4 Å². The maximum Gasteiger partial charge on any atom is 0.226 e. The van der Waals surface area contributed by atoms with Gasteiger partial charge in [0.15, 0.2) is 5.58 Å². The number of hydrogen-bond donors (Lipinski definition) is 1. The lowest BCUT2D eigenvalue weighted by Gasteiger charge is -2.26. The summed E-state index contributed by atoms with van der Waals surface area (Å²) in [4.78, 5) is 14.6. The summed E-state index contributed by atoms with van der Waals surface area (Å²) in [6, 6.07) is 5.90. The number of likely N-dealkylation sites (tertiary alicyclic amines) is 1. The van der Waals surface area contributed by atoms with Crippen LogP contribution in [0.4, 0.5) is 0 Å². The van der Waals surface area contributed by atoms with Gasteiger partial charge in [-0.1, -0.05) is 23.2 Å². The minimum Gasteiger partial charge on any atom is -0.356 e. The largest absolute Gasteiger partial charge is 0.356 e. The van der Waals surface area contributed by atoms with Gasteiger partial charge < -0.3 is 14.7 Å². The highest BCUT2D eigenvalue weighted by molar-refractivity contribution is 5.86. The summed E-state index contributed by atoms with van der Waals surface area (Å²) < 4.78 is 5.27. The molecular formula is C18H25N3O2. The molecule has 1 saturated heterocycles. The highest BCUT2D eigenvalue weighted by Crippen LogP contribution is 2.20. The van der Waals surface area contributed by atoms with Gasteiger partial charge in [0.2, 0.25) is 5.91 Å². The first kappa shape index (κ1) is 16.0. The Kier molecular flexibility index (Phi) is 5.28. The second-order valence-electron chi connectivity index (χ2n) is 6.41. The molecule has 1 N–H and O–H groups in total. The second kappa shape index (κ2) is 7.59. The number of aryl methyl sites for hydroxylation is 1. The molecule has 1 aliphatic rings. The summed E-state index contributed by atoms with van der Waals surface area (Å²) in [6.07, 6.45) is 5.26. The van der Waals surface area contributed by atoms with Crippen molar-refractivity contribution in [1.82, 2.24) is 15.4 Å². The Hall–Kier alpha value is -1.88. The molecular weight excluding hydrogens is 290 g/mol. The van der Waals surface area contributed by atoms with Gasteiger partial charge in [0.05, 0.1) is 6.42 Å². The third-order valence-electron chi connectivity index (χ3n) is 4.45. The Bertz CT molecular complexity index is 659. The van der Waals surface area contributed by atoms with Gasteiger partial charge >= 0.3 is 0 Å². The molecule has 5 nitrogen and oxygen atoms in total. The lowest BCUT2D eigenvalue weighted by molar-refractivity contribution is -0.120. The van der Waals surface area contributed by atoms with Gasteiger partial charge in [-0.25, -0.2) is 0 Å². The Morgan fingerprint density at radius 3 is 2.96 bits per heavy atom. The van der Waals surface area contributed by atoms with Gasteiger partial charge in [-0.05, 0) is 58.0 Å². The van der Waals surface area contributed by atoms with Crippen molar-refractivity contribution in [3.63, 3.8) is 0 Å². The van der Waals surface area contributed by atoms with Crippen LogP contribution in [0.5, 0.6) is 0 Å². The number of fused-ring (bicyclic) bond motifs is 1. The lowest BCUT2D eigenvalue weighted by atomic mass is 10.1. The number of piperidine rings is 1. The molecule has 0 aliphatic carbocycles. The summed E-state index contributed by atoms with van der Waals surface area (Å²) >= 11 is 0. The highest BCUT2D eigenvalue weighted by atomic mass is 16.5. The van der Waals surface area contributed by atoms with Crippen LogP contribution in [0.3, 0.4) is 0 Å². The summed E-state index contributed by atoms with van der Waals surface area (Å²) in [7, 11) is 0. The molecule has 0 saturated carbocycles. The lowest BCUT2D eigenvalue weighted by Crippen LogP contribution is -2.33. The second-order valence-corrected chi connectivity index (χ2v) is 6.41. The van der Waals surface area contributed by atoms with E-state index in [1.54, 1.807) is 0 Å². The van der Waals surface area contributed by atoms with Crippen LogP contribution in [0.15, 0.2) is 22.7 Å².